The Morgan fingerprint density at radius 2 is 2.18 bits per heavy atom. The second-order valence-electron chi connectivity index (χ2n) is 3.84. The maximum Gasteiger partial charge on any atom is 0.275 e. The van der Waals surface area contributed by atoms with E-state index < -0.39 is 4.92 Å². The van der Waals surface area contributed by atoms with Crippen molar-refractivity contribution in [1.29, 1.82) is 0 Å². The van der Waals surface area contributed by atoms with Crippen LogP contribution in [0.4, 0.5) is 11.4 Å². The van der Waals surface area contributed by atoms with Gasteiger partial charge < -0.3 is 10.1 Å². The third-order valence-corrected chi connectivity index (χ3v) is 2.15. The Bertz CT molecular complexity index is 437. The average molecular weight is 236 g/mol. The van der Waals surface area contributed by atoms with E-state index in [1.165, 1.54) is 24.8 Å². The van der Waals surface area contributed by atoms with E-state index >= 15 is 0 Å². The molecule has 1 aromatic carbocycles. The van der Waals surface area contributed by atoms with Crippen LogP contribution in [0.25, 0.3) is 0 Å². The van der Waals surface area contributed by atoms with Crippen LogP contribution < -0.4 is 10.1 Å². The number of hydrogen-bond donors (Lipinski definition) is 1. The van der Waals surface area contributed by atoms with Crippen molar-refractivity contribution in [1.82, 2.24) is 0 Å². The monoisotopic (exact) mass is 236 g/mol. The van der Waals surface area contributed by atoms with Crippen LogP contribution in [0.1, 0.15) is 13.8 Å². The molecule has 0 radical (unpaired) electrons. The van der Waals surface area contributed by atoms with E-state index in [4.69, 9.17) is 4.74 Å². The van der Waals surface area contributed by atoms with E-state index in [0.717, 1.165) is 0 Å². The van der Waals surface area contributed by atoms with Gasteiger partial charge in [0, 0.05) is 24.4 Å². The van der Waals surface area contributed by atoms with Crippen molar-refractivity contribution in [2.24, 2.45) is 0 Å². The molecule has 5 heteroatoms. The minimum atomic E-state index is -0.436. The summed E-state index contributed by atoms with van der Waals surface area (Å²) >= 11 is 0. The Hall–Kier alpha value is -2.04. The molecule has 0 fully saturated rings. The number of nitrogens with zero attached hydrogens (tertiary/aromatic N) is 1. The fourth-order valence-electron chi connectivity index (χ4n) is 1.28. The molecule has 0 aliphatic rings. The molecule has 17 heavy (non-hydrogen) atoms. The average Bonchev–Trinajstić information content (AvgIpc) is 2.28. The first-order valence-electron chi connectivity index (χ1n) is 5.23. The molecule has 5 nitrogen and oxygen atoms in total. The number of allylic oxidation sites excluding steroid dienone is 1. The molecule has 0 aliphatic carbocycles. The molecule has 0 atom stereocenters. The molecule has 0 aliphatic heterocycles. The number of methoxy groups -OCH3 is 1. The van der Waals surface area contributed by atoms with Crippen molar-refractivity contribution < 1.29 is 9.66 Å². The maximum atomic E-state index is 10.7. The predicted molar refractivity (Wildman–Crippen MR) is 67.6 cm³/mol. The molecule has 0 amide bonds. The molecule has 0 aromatic heterocycles. The second kappa shape index (κ2) is 5.89. The summed E-state index contributed by atoms with van der Waals surface area (Å²) in [6, 6.07) is 4.61. The first-order valence-corrected chi connectivity index (χ1v) is 5.23. The highest BCUT2D eigenvalue weighted by atomic mass is 16.6. The predicted octanol–water partition coefficient (Wildman–Crippen LogP) is 2.98. The van der Waals surface area contributed by atoms with E-state index in [9.17, 15) is 10.1 Å². The van der Waals surface area contributed by atoms with E-state index in [1.54, 1.807) is 6.07 Å². The highest BCUT2D eigenvalue weighted by Gasteiger charge is 2.09. The molecule has 0 saturated carbocycles. The van der Waals surface area contributed by atoms with Crippen LogP contribution >= 0.6 is 0 Å². The zero-order valence-electron chi connectivity index (χ0n) is 10.2. The van der Waals surface area contributed by atoms with E-state index in [0.29, 0.717) is 18.0 Å². The topological polar surface area (TPSA) is 64.4 Å². The van der Waals surface area contributed by atoms with Crippen molar-refractivity contribution in [3.8, 4) is 5.75 Å². The van der Waals surface area contributed by atoms with Gasteiger partial charge in [-0.05, 0) is 13.8 Å². The number of hydrogen-bond acceptors (Lipinski definition) is 4. The summed E-state index contributed by atoms with van der Waals surface area (Å²) in [6.45, 7) is 4.62. The highest BCUT2D eigenvalue weighted by molar-refractivity contribution is 5.56. The van der Waals surface area contributed by atoms with Gasteiger partial charge in [0.25, 0.3) is 5.69 Å². The van der Waals surface area contributed by atoms with Crippen LogP contribution in [0.2, 0.25) is 0 Å². The molecule has 0 spiro atoms. The van der Waals surface area contributed by atoms with Crippen molar-refractivity contribution >= 4 is 11.4 Å². The SMILES string of the molecule is COc1cc(NCC=C(C)C)cc([N+](=O)[O-])c1. The summed E-state index contributed by atoms with van der Waals surface area (Å²) in [6.07, 6.45) is 2.01. The molecule has 0 heterocycles. The Balaban J connectivity index is 2.87. The first kappa shape index (κ1) is 13.0. The zero-order chi connectivity index (χ0) is 12.8. The van der Waals surface area contributed by atoms with Crippen LogP contribution in [0, 0.1) is 10.1 Å². The standard InChI is InChI=1S/C12H16N2O3/c1-9(2)4-5-13-10-6-11(14(15)16)8-12(7-10)17-3/h4,6-8,13H,5H2,1-3H3. The van der Waals surface area contributed by atoms with Crippen molar-refractivity contribution in [3.05, 3.63) is 40.0 Å². The number of anilines is 1. The number of nitro benzene ring substituents is 1. The Morgan fingerprint density at radius 3 is 2.71 bits per heavy atom. The Labute approximate surface area is 100 Å². The lowest BCUT2D eigenvalue weighted by Crippen LogP contribution is -2.00. The third-order valence-electron chi connectivity index (χ3n) is 2.15. The van der Waals surface area contributed by atoms with Gasteiger partial charge in [-0.2, -0.15) is 0 Å². The molecule has 1 N–H and O–H groups in total. The van der Waals surface area contributed by atoms with Gasteiger partial charge in [0.15, 0.2) is 0 Å². The van der Waals surface area contributed by atoms with Gasteiger partial charge in [-0.15, -0.1) is 0 Å². The summed E-state index contributed by atoms with van der Waals surface area (Å²) in [5.41, 5.74) is 1.88. The summed E-state index contributed by atoms with van der Waals surface area (Å²) in [5.74, 6) is 0.471. The highest BCUT2D eigenvalue weighted by Crippen LogP contribution is 2.25. The van der Waals surface area contributed by atoms with Crippen LogP contribution in [-0.2, 0) is 0 Å². The Kier molecular flexibility index (Phi) is 4.51. The summed E-state index contributed by atoms with van der Waals surface area (Å²) in [5, 5.41) is 13.8. The molecule has 0 unspecified atom stereocenters. The molecule has 1 aromatic rings. The van der Waals surface area contributed by atoms with Crippen molar-refractivity contribution in [3.63, 3.8) is 0 Å². The van der Waals surface area contributed by atoms with Crippen LogP contribution in [0.5, 0.6) is 5.75 Å². The second-order valence-corrected chi connectivity index (χ2v) is 3.84. The molecule has 92 valence electrons. The molecular weight excluding hydrogens is 220 g/mol. The fourth-order valence-corrected chi connectivity index (χ4v) is 1.28. The third kappa shape index (κ3) is 4.14. The molecule has 0 saturated heterocycles. The van der Waals surface area contributed by atoms with Gasteiger partial charge in [0.1, 0.15) is 5.75 Å². The van der Waals surface area contributed by atoms with E-state index in [-0.39, 0.29) is 5.69 Å². The quantitative estimate of drug-likeness (QED) is 0.485. The molecule has 0 bridgehead atoms. The molecular formula is C12H16N2O3. The van der Waals surface area contributed by atoms with E-state index in [2.05, 4.69) is 5.32 Å². The summed E-state index contributed by atoms with van der Waals surface area (Å²) < 4.78 is 5.01. The minimum Gasteiger partial charge on any atom is -0.496 e. The number of benzene rings is 1. The maximum absolute atomic E-state index is 10.7. The van der Waals surface area contributed by atoms with Gasteiger partial charge in [0.05, 0.1) is 18.1 Å². The lowest BCUT2D eigenvalue weighted by molar-refractivity contribution is -0.384. The van der Waals surface area contributed by atoms with Gasteiger partial charge in [-0.1, -0.05) is 11.6 Å². The largest absolute Gasteiger partial charge is 0.496 e. The van der Waals surface area contributed by atoms with Crippen molar-refractivity contribution in [2.75, 3.05) is 19.0 Å². The molecule has 1 rings (SSSR count). The fraction of sp³-hybridized carbons (Fsp3) is 0.333. The number of nitrogens with one attached hydrogen (secondary N) is 1. The number of nitro groups is 1. The van der Waals surface area contributed by atoms with Gasteiger partial charge in [0.2, 0.25) is 0 Å². The zero-order valence-corrected chi connectivity index (χ0v) is 10.2. The minimum absolute atomic E-state index is 0.0176. The summed E-state index contributed by atoms with van der Waals surface area (Å²) in [7, 11) is 1.49. The van der Waals surface area contributed by atoms with Gasteiger partial charge in [-0.3, -0.25) is 10.1 Å². The van der Waals surface area contributed by atoms with Crippen LogP contribution in [-0.4, -0.2) is 18.6 Å². The van der Waals surface area contributed by atoms with Crippen LogP contribution in [0.15, 0.2) is 29.8 Å². The van der Waals surface area contributed by atoms with Gasteiger partial charge >= 0.3 is 0 Å². The number of ether oxygens (including phenoxy) is 1. The summed E-state index contributed by atoms with van der Waals surface area (Å²) in [4.78, 5) is 10.3. The van der Waals surface area contributed by atoms with Crippen molar-refractivity contribution in [2.45, 2.75) is 13.8 Å². The first-order chi connectivity index (χ1) is 8.02. The normalized spacial score (nSPS) is 9.59. The lowest BCUT2D eigenvalue weighted by atomic mass is 10.2. The number of rotatable bonds is 5. The Morgan fingerprint density at radius 1 is 1.47 bits per heavy atom. The van der Waals surface area contributed by atoms with Gasteiger partial charge in [-0.25, -0.2) is 0 Å². The van der Waals surface area contributed by atoms with Crippen LogP contribution in [0.3, 0.4) is 0 Å². The van der Waals surface area contributed by atoms with E-state index in [1.807, 2.05) is 19.9 Å². The number of non-ortho nitro benzene ring substituents is 1. The smallest absolute Gasteiger partial charge is 0.275 e. The lowest BCUT2D eigenvalue weighted by Gasteiger charge is -2.06.